The molecule has 116 valence electrons. The lowest BCUT2D eigenvalue weighted by molar-refractivity contribution is -0.665. The molecule has 2 N–H and O–H groups in total. The molecule has 21 heavy (non-hydrogen) atoms. The van der Waals surface area contributed by atoms with Crippen molar-refractivity contribution in [3.8, 4) is 5.75 Å². The molecule has 1 fully saturated rings. The number of methoxy groups -OCH3 is 1. The van der Waals surface area contributed by atoms with Crippen molar-refractivity contribution in [2.45, 2.75) is 39.2 Å². The quantitative estimate of drug-likeness (QED) is 0.863. The topological polar surface area (TPSA) is 52.1 Å². The molecule has 4 heteroatoms. The first-order valence-corrected chi connectivity index (χ1v) is 7.63. The molecule has 0 aliphatic carbocycles. The van der Waals surface area contributed by atoms with Crippen LogP contribution in [0.4, 0.5) is 0 Å². The van der Waals surface area contributed by atoms with Crippen LogP contribution in [0.25, 0.3) is 0 Å². The van der Waals surface area contributed by atoms with Gasteiger partial charge in [-0.2, -0.15) is 0 Å². The summed E-state index contributed by atoms with van der Waals surface area (Å²) >= 11 is 0. The van der Waals surface area contributed by atoms with Crippen LogP contribution in [0.2, 0.25) is 0 Å². The van der Waals surface area contributed by atoms with Crippen molar-refractivity contribution in [1.29, 1.82) is 0 Å². The lowest BCUT2D eigenvalue weighted by Crippen LogP contribution is -2.86. The van der Waals surface area contributed by atoms with Crippen LogP contribution in [0, 0.1) is 12.8 Å². The molecule has 1 saturated heterocycles. The SMILES string of the molecule is COc1cc(C(=O)OC(C)(C)C2CC[NH2+]CC2)ccc1C. The first-order valence-electron chi connectivity index (χ1n) is 7.63. The van der Waals surface area contributed by atoms with E-state index in [-0.39, 0.29) is 5.97 Å². The molecule has 1 aromatic carbocycles. The highest BCUT2D eigenvalue weighted by atomic mass is 16.6. The molecule has 0 unspecified atom stereocenters. The van der Waals surface area contributed by atoms with Gasteiger partial charge in [0.15, 0.2) is 0 Å². The first-order chi connectivity index (χ1) is 9.94. The number of aryl methyl sites for hydroxylation is 1. The van der Waals surface area contributed by atoms with Gasteiger partial charge in [-0.05, 0) is 38.5 Å². The predicted octanol–water partition coefficient (Wildman–Crippen LogP) is 1.91. The minimum atomic E-state index is -0.427. The fourth-order valence-electron chi connectivity index (χ4n) is 2.95. The van der Waals surface area contributed by atoms with E-state index in [2.05, 4.69) is 5.32 Å². The van der Waals surface area contributed by atoms with E-state index in [0.29, 0.717) is 11.5 Å². The summed E-state index contributed by atoms with van der Waals surface area (Å²) in [5.41, 5.74) is 1.13. The van der Waals surface area contributed by atoms with Gasteiger partial charge < -0.3 is 14.8 Å². The van der Waals surface area contributed by atoms with Gasteiger partial charge in [-0.15, -0.1) is 0 Å². The van der Waals surface area contributed by atoms with Gasteiger partial charge in [0.05, 0.1) is 25.8 Å². The summed E-state index contributed by atoms with van der Waals surface area (Å²) in [5, 5.41) is 2.32. The third-order valence-corrected chi connectivity index (χ3v) is 4.42. The molecule has 4 nitrogen and oxygen atoms in total. The van der Waals surface area contributed by atoms with Crippen molar-refractivity contribution < 1.29 is 19.6 Å². The van der Waals surface area contributed by atoms with E-state index >= 15 is 0 Å². The zero-order valence-corrected chi connectivity index (χ0v) is 13.4. The normalized spacial score (nSPS) is 16.6. The molecule has 1 heterocycles. The highest BCUT2D eigenvalue weighted by molar-refractivity contribution is 5.90. The fourth-order valence-corrected chi connectivity index (χ4v) is 2.95. The van der Waals surface area contributed by atoms with Crippen LogP contribution in [0.5, 0.6) is 5.75 Å². The molecule has 0 aromatic heterocycles. The number of nitrogens with two attached hydrogens (primary N) is 1. The maximum absolute atomic E-state index is 12.4. The van der Waals surface area contributed by atoms with E-state index in [4.69, 9.17) is 9.47 Å². The van der Waals surface area contributed by atoms with Crippen molar-refractivity contribution >= 4 is 5.97 Å². The minimum absolute atomic E-state index is 0.271. The van der Waals surface area contributed by atoms with E-state index in [0.717, 1.165) is 37.2 Å². The van der Waals surface area contributed by atoms with Crippen LogP contribution in [-0.4, -0.2) is 31.8 Å². The lowest BCUT2D eigenvalue weighted by atomic mass is 9.83. The average molecular weight is 292 g/mol. The molecule has 0 bridgehead atoms. The summed E-state index contributed by atoms with van der Waals surface area (Å²) in [7, 11) is 1.61. The van der Waals surface area contributed by atoms with Gasteiger partial charge in [-0.3, -0.25) is 0 Å². The number of carbonyl (C=O) groups is 1. The molecule has 0 spiro atoms. The Hall–Kier alpha value is -1.55. The monoisotopic (exact) mass is 292 g/mol. The summed E-state index contributed by atoms with van der Waals surface area (Å²) in [6.45, 7) is 8.23. The van der Waals surface area contributed by atoms with Gasteiger partial charge in [-0.1, -0.05) is 6.07 Å². The van der Waals surface area contributed by atoms with Crippen LogP contribution < -0.4 is 10.1 Å². The Kier molecular flexibility index (Phi) is 4.88. The summed E-state index contributed by atoms with van der Waals surface area (Å²) < 4.78 is 11.1. The van der Waals surface area contributed by atoms with Gasteiger partial charge >= 0.3 is 5.97 Å². The second kappa shape index (κ2) is 6.48. The number of quaternary nitrogens is 1. The molecule has 1 aromatic rings. The number of carbonyl (C=O) groups excluding carboxylic acids is 1. The molecule has 0 amide bonds. The van der Waals surface area contributed by atoms with Gasteiger partial charge in [0.2, 0.25) is 0 Å². The summed E-state index contributed by atoms with van der Waals surface area (Å²) in [6, 6.07) is 5.44. The Morgan fingerprint density at radius 2 is 1.95 bits per heavy atom. The molecular formula is C17H26NO3+. The maximum atomic E-state index is 12.4. The van der Waals surface area contributed by atoms with E-state index in [1.54, 1.807) is 19.2 Å². The first kappa shape index (κ1) is 15.8. The zero-order chi connectivity index (χ0) is 15.5. The Morgan fingerprint density at radius 3 is 2.57 bits per heavy atom. The number of piperidine rings is 1. The highest BCUT2D eigenvalue weighted by Gasteiger charge is 2.35. The fraction of sp³-hybridized carbons (Fsp3) is 0.588. The van der Waals surface area contributed by atoms with Crippen molar-refractivity contribution in [2.24, 2.45) is 5.92 Å². The number of hydrogen-bond acceptors (Lipinski definition) is 3. The van der Waals surface area contributed by atoms with E-state index in [1.807, 2.05) is 26.8 Å². The summed E-state index contributed by atoms with van der Waals surface area (Å²) in [5.74, 6) is 0.876. The van der Waals surface area contributed by atoms with Gasteiger partial charge in [0.25, 0.3) is 0 Å². The molecule has 1 aliphatic heterocycles. The second-order valence-corrected chi connectivity index (χ2v) is 6.32. The van der Waals surface area contributed by atoms with Crippen molar-refractivity contribution in [3.05, 3.63) is 29.3 Å². The Balaban J connectivity index is 2.09. The third-order valence-electron chi connectivity index (χ3n) is 4.42. The Bertz CT molecular complexity index is 505. The van der Waals surface area contributed by atoms with E-state index in [1.165, 1.54) is 0 Å². The van der Waals surface area contributed by atoms with Crippen molar-refractivity contribution in [1.82, 2.24) is 0 Å². The summed E-state index contributed by atoms with van der Waals surface area (Å²) in [6.07, 6.45) is 2.19. The second-order valence-electron chi connectivity index (χ2n) is 6.32. The standard InChI is InChI=1S/C17H25NO3/c1-12-5-6-13(11-15(12)20-4)16(19)21-17(2,3)14-7-9-18-10-8-14/h5-6,11,14,18H,7-10H2,1-4H3/p+1. The number of esters is 1. The Morgan fingerprint density at radius 1 is 1.29 bits per heavy atom. The van der Waals surface area contributed by atoms with E-state index in [9.17, 15) is 4.79 Å². The maximum Gasteiger partial charge on any atom is 0.338 e. The predicted molar refractivity (Wildman–Crippen MR) is 81.6 cm³/mol. The van der Waals surface area contributed by atoms with Crippen LogP contribution in [0.1, 0.15) is 42.6 Å². The van der Waals surface area contributed by atoms with Crippen LogP contribution >= 0.6 is 0 Å². The Labute approximate surface area is 126 Å². The largest absolute Gasteiger partial charge is 0.496 e. The van der Waals surface area contributed by atoms with Crippen LogP contribution in [0.15, 0.2) is 18.2 Å². The minimum Gasteiger partial charge on any atom is -0.496 e. The smallest absolute Gasteiger partial charge is 0.338 e. The van der Waals surface area contributed by atoms with Gasteiger partial charge in [-0.25, -0.2) is 4.79 Å². The number of ether oxygens (including phenoxy) is 2. The zero-order valence-electron chi connectivity index (χ0n) is 13.4. The van der Waals surface area contributed by atoms with Crippen LogP contribution in [-0.2, 0) is 4.74 Å². The highest BCUT2D eigenvalue weighted by Crippen LogP contribution is 2.29. The molecule has 2 rings (SSSR count). The number of benzene rings is 1. The van der Waals surface area contributed by atoms with Crippen molar-refractivity contribution in [2.75, 3.05) is 20.2 Å². The number of hydrogen-bond donors (Lipinski definition) is 1. The molecule has 0 saturated carbocycles. The lowest BCUT2D eigenvalue weighted by Gasteiger charge is -2.35. The van der Waals surface area contributed by atoms with Gasteiger partial charge in [0, 0.05) is 18.8 Å². The molecule has 1 aliphatic rings. The van der Waals surface area contributed by atoms with Crippen molar-refractivity contribution in [3.63, 3.8) is 0 Å². The molecule has 0 atom stereocenters. The molecular weight excluding hydrogens is 266 g/mol. The summed E-state index contributed by atoms with van der Waals surface area (Å²) in [4.78, 5) is 12.4. The third kappa shape index (κ3) is 3.76. The van der Waals surface area contributed by atoms with Gasteiger partial charge in [0.1, 0.15) is 11.4 Å². The average Bonchev–Trinajstić information content (AvgIpc) is 2.48. The van der Waals surface area contributed by atoms with E-state index < -0.39 is 5.60 Å². The molecule has 0 radical (unpaired) electrons. The number of rotatable bonds is 4. The van der Waals surface area contributed by atoms with Crippen LogP contribution in [0.3, 0.4) is 0 Å².